The standard InChI is InChI=1S/C16H14FN3OS/c1-9-15(10(2)20-19-9)18-16(21)14-8-7-13(22-14)11-5-3-4-6-12(11)17/h3-8H,1-2H3,(H,18,21)(H,19,20). The Kier molecular flexibility index (Phi) is 3.77. The van der Waals surface area contributed by atoms with Crippen molar-refractivity contribution in [2.75, 3.05) is 5.32 Å². The average molecular weight is 315 g/mol. The van der Waals surface area contributed by atoms with E-state index in [0.717, 1.165) is 16.3 Å². The van der Waals surface area contributed by atoms with Crippen LogP contribution in [0.15, 0.2) is 36.4 Å². The predicted molar refractivity (Wildman–Crippen MR) is 85.7 cm³/mol. The monoisotopic (exact) mass is 315 g/mol. The van der Waals surface area contributed by atoms with Crippen LogP contribution in [0, 0.1) is 19.7 Å². The minimum atomic E-state index is -0.294. The molecule has 1 amide bonds. The van der Waals surface area contributed by atoms with Gasteiger partial charge in [0.25, 0.3) is 5.91 Å². The summed E-state index contributed by atoms with van der Waals surface area (Å²) in [6.45, 7) is 3.66. The van der Waals surface area contributed by atoms with Gasteiger partial charge in [-0.15, -0.1) is 11.3 Å². The molecule has 2 heterocycles. The number of halogens is 1. The van der Waals surface area contributed by atoms with Crippen molar-refractivity contribution in [1.82, 2.24) is 10.2 Å². The Morgan fingerprint density at radius 2 is 2.00 bits per heavy atom. The first-order valence-electron chi connectivity index (χ1n) is 6.74. The number of benzene rings is 1. The molecular formula is C16H14FN3OS. The Labute approximate surface area is 131 Å². The molecule has 0 saturated carbocycles. The van der Waals surface area contributed by atoms with Gasteiger partial charge in [-0.2, -0.15) is 5.10 Å². The van der Waals surface area contributed by atoms with E-state index >= 15 is 0 Å². The lowest BCUT2D eigenvalue weighted by molar-refractivity contribution is 0.103. The minimum Gasteiger partial charge on any atom is -0.318 e. The number of nitrogens with zero attached hydrogens (tertiary/aromatic N) is 1. The number of aromatic nitrogens is 2. The van der Waals surface area contributed by atoms with Crippen molar-refractivity contribution >= 4 is 22.9 Å². The summed E-state index contributed by atoms with van der Waals surface area (Å²) in [5.74, 6) is -0.516. The first-order valence-corrected chi connectivity index (χ1v) is 7.55. The van der Waals surface area contributed by atoms with E-state index in [0.29, 0.717) is 16.1 Å². The molecule has 0 aliphatic heterocycles. The number of carbonyl (C=O) groups excluding carboxylic acids is 1. The zero-order valence-corrected chi connectivity index (χ0v) is 12.9. The molecule has 0 aliphatic rings. The molecule has 4 nitrogen and oxygen atoms in total. The zero-order chi connectivity index (χ0) is 15.7. The zero-order valence-electron chi connectivity index (χ0n) is 12.1. The second-order valence-electron chi connectivity index (χ2n) is 4.91. The molecule has 0 radical (unpaired) electrons. The van der Waals surface area contributed by atoms with Crippen LogP contribution in [0.4, 0.5) is 10.1 Å². The van der Waals surface area contributed by atoms with Crippen molar-refractivity contribution in [3.8, 4) is 10.4 Å². The lowest BCUT2D eigenvalue weighted by Crippen LogP contribution is -2.11. The molecule has 2 aromatic heterocycles. The van der Waals surface area contributed by atoms with E-state index in [9.17, 15) is 9.18 Å². The summed E-state index contributed by atoms with van der Waals surface area (Å²) in [7, 11) is 0. The SMILES string of the molecule is Cc1n[nH]c(C)c1NC(=O)c1ccc(-c2ccccc2F)s1. The van der Waals surface area contributed by atoms with Crippen molar-refractivity contribution < 1.29 is 9.18 Å². The molecule has 3 aromatic rings. The lowest BCUT2D eigenvalue weighted by atomic mass is 10.2. The molecule has 0 fully saturated rings. The van der Waals surface area contributed by atoms with Crippen LogP contribution >= 0.6 is 11.3 Å². The van der Waals surface area contributed by atoms with Gasteiger partial charge in [-0.3, -0.25) is 9.89 Å². The molecule has 3 rings (SSSR count). The van der Waals surface area contributed by atoms with E-state index in [2.05, 4.69) is 15.5 Å². The number of rotatable bonds is 3. The molecule has 6 heteroatoms. The molecule has 0 bridgehead atoms. The molecule has 0 unspecified atom stereocenters. The van der Waals surface area contributed by atoms with Crippen molar-refractivity contribution in [3.63, 3.8) is 0 Å². The fraction of sp³-hybridized carbons (Fsp3) is 0.125. The number of carbonyl (C=O) groups is 1. The van der Waals surface area contributed by atoms with Crippen LogP contribution in [-0.4, -0.2) is 16.1 Å². The number of thiophene rings is 1. The molecule has 0 spiro atoms. The van der Waals surface area contributed by atoms with Gasteiger partial charge in [0.1, 0.15) is 5.82 Å². The number of hydrogen-bond donors (Lipinski definition) is 2. The summed E-state index contributed by atoms with van der Waals surface area (Å²) in [5, 5.41) is 9.70. The van der Waals surface area contributed by atoms with Gasteiger partial charge in [-0.1, -0.05) is 18.2 Å². The highest BCUT2D eigenvalue weighted by Crippen LogP contribution is 2.30. The summed E-state index contributed by atoms with van der Waals surface area (Å²) in [4.78, 5) is 13.6. The van der Waals surface area contributed by atoms with Gasteiger partial charge in [0.05, 0.1) is 22.0 Å². The molecule has 0 atom stereocenters. The minimum absolute atomic E-state index is 0.222. The third-order valence-electron chi connectivity index (χ3n) is 3.34. The van der Waals surface area contributed by atoms with Gasteiger partial charge in [0.2, 0.25) is 0 Å². The van der Waals surface area contributed by atoms with Crippen molar-refractivity contribution in [2.24, 2.45) is 0 Å². The normalized spacial score (nSPS) is 10.7. The van der Waals surface area contributed by atoms with E-state index < -0.39 is 0 Å². The Bertz CT molecular complexity index is 818. The largest absolute Gasteiger partial charge is 0.318 e. The van der Waals surface area contributed by atoms with Gasteiger partial charge < -0.3 is 5.32 Å². The highest BCUT2D eigenvalue weighted by Gasteiger charge is 2.15. The maximum absolute atomic E-state index is 13.8. The number of aromatic amines is 1. The third kappa shape index (κ3) is 2.65. The van der Waals surface area contributed by atoms with Crippen LogP contribution in [0.25, 0.3) is 10.4 Å². The van der Waals surface area contributed by atoms with Crippen LogP contribution in [0.1, 0.15) is 21.1 Å². The summed E-state index contributed by atoms with van der Waals surface area (Å²) in [6.07, 6.45) is 0. The summed E-state index contributed by atoms with van der Waals surface area (Å²) >= 11 is 1.26. The van der Waals surface area contributed by atoms with Gasteiger partial charge in [-0.25, -0.2) is 4.39 Å². The van der Waals surface area contributed by atoms with Crippen LogP contribution in [0.2, 0.25) is 0 Å². The molecule has 112 valence electrons. The van der Waals surface area contributed by atoms with Gasteiger partial charge >= 0.3 is 0 Å². The lowest BCUT2D eigenvalue weighted by Gasteiger charge is -2.03. The first kappa shape index (κ1) is 14.5. The Balaban J connectivity index is 1.85. The highest BCUT2D eigenvalue weighted by atomic mass is 32.1. The number of amides is 1. The molecular weight excluding hydrogens is 301 g/mol. The maximum Gasteiger partial charge on any atom is 0.265 e. The smallest absolute Gasteiger partial charge is 0.265 e. The van der Waals surface area contributed by atoms with Crippen LogP contribution in [0.5, 0.6) is 0 Å². The van der Waals surface area contributed by atoms with Crippen LogP contribution in [-0.2, 0) is 0 Å². The van der Waals surface area contributed by atoms with E-state index in [-0.39, 0.29) is 11.7 Å². The van der Waals surface area contributed by atoms with Crippen molar-refractivity contribution in [3.05, 3.63) is 58.5 Å². The second kappa shape index (κ2) is 5.73. The number of nitrogens with one attached hydrogen (secondary N) is 2. The summed E-state index contributed by atoms with van der Waals surface area (Å²) in [6, 6.07) is 9.99. The summed E-state index contributed by atoms with van der Waals surface area (Å²) < 4.78 is 13.8. The third-order valence-corrected chi connectivity index (χ3v) is 4.45. The predicted octanol–water partition coefficient (Wildman–Crippen LogP) is 4.15. The van der Waals surface area contributed by atoms with Crippen molar-refractivity contribution in [2.45, 2.75) is 13.8 Å². The number of hydrogen-bond acceptors (Lipinski definition) is 3. The van der Waals surface area contributed by atoms with Crippen LogP contribution in [0.3, 0.4) is 0 Å². The molecule has 22 heavy (non-hydrogen) atoms. The van der Waals surface area contributed by atoms with Gasteiger partial charge in [0, 0.05) is 10.4 Å². The quantitative estimate of drug-likeness (QED) is 0.763. The topological polar surface area (TPSA) is 57.8 Å². The van der Waals surface area contributed by atoms with E-state index in [1.807, 2.05) is 13.8 Å². The Morgan fingerprint density at radius 3 is 2.68 bits per heavy atom. The Morgan fingerprint density at radius 1 is 1.23 bits per heavy atom. The molecule has 1 aromatic carbocycles. The maximum atomic E-state index is 13.8. The molecule has 0 saturated heterocycles. The Hall–Kier alpha value is -2.47. The van der Waals surface area contributed by atoms with E-state index in [4.69, 9.17) is 0 Å². The van der Waals surface area contributed by atoms with E-state index in [1.54, 1.807) is 30.3 Å². The number of anilines is 1. The number of H-pyrrole nitrogens is 1. The van der Waals surface area contributed by atoms with Crippen molar-refractivity contribution in [1.29, 1.82) is 0 Å². The first-order chi connectivity index (χ1) is 10.6. The van der Waals surface area contributed by atoms with Gasteiger partial charge in [0.15, 0.2) is 0 Å². The number of aryl methyl sites for hydroxylation is 2. The molecule has 0 aliphatic carbocycles. The fourth-order valence-corrected chi connectivity index (χ4v) is 3.10. The summed E-state index contributed by atoms with van der Waals surface area (Å²) in [5.41, 5.74) is 2.72. The highest BCUT2D eigenvalue weighted by molar-refractivity contribution is 7.17. The average Bonchev–Trinajstić information content (AvgIpc) is 3.10. The fourth-order valence-electron chi connectivity index (χ4n) is 2.18. The van der Waals surface area contributed by atoms with Gasteiger partial charge in [-0.05, 0) is 32.0 Å². The second-order valence-corrected chi connectivity index (χ2v) is 5.99. The van der Waals surface area contributed by atoms with E-state index in [1.165, 1.54) is 17.4 Å². The molecule has 2 N–H and O–H groups in total. The van der Waals surface area contributed by atoms with Crippen LogP contribution < -0.4 is 5.32 Å².